The largest absolute Gasteiger partial charge is 0.481 e. The SMILES string of the molecule is COCC(C)(C)CCCNC(=O)N1C[C@@H]2CCC[C@@]2(C(=O)O)C1. The third-order valence-electron chi connectivity index (χ3n) is 5.43. The lowest BCUT2D eigenvalue weighted by Gasteiger charge is -2.24. The number of hydrogen-bond donors (Lipinski definition) is 2. The Kier molecular flexibility index (Phi) is 5.55. The molecule has 0 aromatic carbocycles. The first kappa shape index (κ1) is 18.0. The van der Waals surface area contributed by atoms with Crippen molar-refractivity contribution in [3.05, 3.63) is 0 Å². The van der Waals surface area contributed by atoms with Crippen LogP contribution >= 0.6 is 0 Å². The fourth-order valence-corrected chi connectivity index (χ4v) is 4.13. The summed E-state index contributed by atoms with van der Waals surface area (Å²) in [5.41, 5.74) is -0.588. The third-order valence-corrected chi connectivity index (χ3v) is 5.43. The van der Waals surface area contributed by atoms with Gasteiger partial charge in [0.05, 0.1) is 12.0 Å². The molecule has 6 nitrogen and oxygen atoms in total. The summed E-state index contributed by atoms with van der Waals surface area (Å²) >= 11 is 0. The van der Waals surface area contributed by atoms with Crippen molar-refractivity contribution in [1.82, 2.24) is 10.2 Å². The molecule has 2 N–H and O–H groups in total. The molecule has 0 spiro atoms. The highest BCUT2D eigenvalue weighted by atomic mass is 16.5. The predicted octanol–water partition coefficient (Wildman–Crippen LogP) is 2.34. The van der Waals surface area contributed by atoms with Gasteiger partial charge in [-0.05, 0) is 37.0 Å². The van der Waals surface area contributed by atoms with Crippen LogP contribution in [0, 0.1) is 16.7 Å². The second kappa shape index (κ2) is 7.07. The molecule has 2 atom stereocenters. The van der Waals surface area contributed by atoms with Gasteiger partial charge in [0, 0.05) is 26.7 Å². The number of amides is 2. The number of carboxylic acids is 1. The number of carbonyl (C=O) groups is 2. The number of aliphatic carboxylic acids is 1. The Labute approximate surface area is 138 Å². The molecule has 1 aliphatic carbocycles. The summed E-state index contributed by atoms with van der Waals surface area (Å²) in [4.78, 5) is 25.6. The van der Waals surface area contributed by atoms with Gasteiger partial charge in [0.2, 0.25) is 0 Å². The number of fused-ring (bicyclic) bond motifs is 1. The molecule has 2 amide bonds. The van der Waals surface area contributed by atoms with Gasteiger partial charge in [0.25, 0.3) is 0 Å². The average molecular weight is 326 g/mol. The van der Waals surface area contributed by atoms with Crippen LogP contribution in [0.5, 0.6) is 0 Å². The van der Waals surface area contributed by atoms with Crippen LogP contribution in [0.2, 0.25) is 0 Å². The van der Waals surface area contributed by atoms with Crippen LogP contribution in [0.25, 0.3) is 0 Å². The van der Waals surface area contributed by atoms with E-state index in [0.717, 1.165) is 25.7 Å². The van der Waals surface area contributed by atoms with Gasteiger partial charge < -0.3 is 20.1 Å². The first-order valence-electron chi connectivity index (χ1n) is 8.56. The Morgan fingerprint density at radius 1 is 1.43 bits per heavy atom. The molecular formula is C17H30N2O4. The van der Waals surface area contributed by atoms with Crippen LogP contribution in [-0.4, -0.2) is 55.4 Å². The minimum atomic E-state index is -0.739. The topological polar surface area (TPSA) is 78.9 Å². The highest BCUT2D eigenvalue weighted by Crippen LogP contribution is 2.48. The number of nitrogens with zero attached hydrogens (tertiary/aromatic N) is 1. The normalized spacial score (nSPS) is 27.1. The summed E-state index contributed by atoms with van der Waals surface area (Å²) in [6, 6.07) is -0.121. The van der Waals surface area contributed by atoms with E-state index in [1.807, 2.05) is 0 Å². The lowest BCUT2D eigenvalue weighted by atomic mass is 9.81. The van der Waals surface area contributed by atoms with Gasteiger partial charge in [-0.15, -0.1) is 0 Å². The van der Waals surface area contributed by atoms with Crippen LogP contribution in [0.15, 0.2) is 0 Å². The molecule has 0 aromatic heterocycles. The molecule has 0 bridgehead atoms. The molecule has 2 fully saturated rings. The second-order valence-corrected chi connectivity index (χ2v) is 7.86. The fourth-order valence-electron chi connectivity index (χ4n) is 4.13. The van der Waals surface area contributed by atoms with Gasteiger partial charge in [-0.2, -0.15) is 0 Å². The van der Waals surface area contributed by atoms with Crippen LogP contribution in [0.4, 0.5) is 4.79 Å². The highest BCUT2D eigenvalue weighted by Gasteiger charge is 2.55. The van der Waals surface area contributed by atoms with E-state index in [0.29, 0.717) is 32.7 Å². The summed E-state index contributed by atoms with van der Waals surface area (Å²) in [5.74, 6) is -0.622. The zero-order valence-corrected chi connectivity index (χ0v) is 14.6. The first-order valence-corrected chi connectivity index (χ1v) is 8.56. The van der Waals surface area contributed by atoms with Gasteiger partial charge in [-0.3, -0.25) is 4.79 Å². The van der Waals surface area contributed by atoms with E-state index < -0.39 is 11.4 Å². The van der Waals surface area contributed by atoms with E-state index >= 15 is 0 Å². The molecule has 1 saturated carbocycles. The molecule has 2 aliphatic rings. The summed E-state index contributed by atoms with van der Waals surface area (Å²) in [6.45, 7) is 6.55. The quantitative estimate of drug-likeness (QED) is 0.704. The van der Waals surface area contributed by atoms with E-state index in [2.05, 4.69) is 19.2 Å². The van der Waals surface area contributed by atoms with E-state index in [4.69, 9.17) is 4.74 Å². The molecule has 1 aliphatic heterocycles. The molecule has 0 radical (unpaired) electrons. The Morgan fingerprint density at radius 2 is 2.17 bits per heavy atom. The fraction of sp³-hybridized carbons (Fsp3) is 0.882. The van der Waals surface area contributed by atoms with E-state index in [1.54, 1.807) is 12.0 Å². The minimum absolute atomic E-state index is 0.109. The van der Waals surface area contributed by atoms with Gasteiger partial charge >= 0.3 is 12.0 Å². The van der Waals surface area contributed by atoms with Crippen molar-refractivity contribution in [1.29, 1.82) is 0 Å². The van der Waals surface area contributed by atoms with Gasteiger partial charge in [-0.25, -0.2) is 4.79 Å². The Hall–Kier alpha value is -1.30. The summed E-state index contributed by atoms with van der Waals surface area (Å²) in [5, 5.41) is 12.5. The molecule has 0 aromatic rings. The zero-order valence-electron chi connectivity index (χ0n) is 14.6. The maximum absolute atomic E-state index is 12.3. The third kappa shape index (κ3) is 3.97. The minimum Gasteiger partial charge on any atom is -0.481 e. The lowest BCUT2D eigenvalue weighted by Crippen LogP contribution is -2.42. The van der Waals surface area contributed by atoms with Gasteiger partial charge in [0.15, 0.2) is 0 Å². The maximum atomic E-state index is 12.3. The Balaban J connectivity index is 1.76. The predicted molar refractivity (Wildman–Crippen MR) is 87.3 cm³/mol. The summed E-state index contributed by atoms with van der Waals surface area (Å²) < 4.78 is 5.19. The standard InChI is InChI=1S/C17H30N2O4/c1-16(2,12-23-3)7-5-9-18-15(22)19-10-13-6-4-8-17(13,11-19)14(20)21/h13H,4-12H2,1-3H3,(H,18,22)(H,20,21)/t13-,17+/m0/s1. The van der Waals surface area contributed by atoms with Crippen LogP contribution in [-0.2, 0) is 9.53 Å². The van der Waals surface area contributed by atoms with E-state index in [9.17, 15) is 14.7 Å². The molecule has 23 heavy (non-hydrogen) atoms. The van der Waals surface area contributed by atoms with Crippen LogP contribution in [0.3, 0.4) is 0 Å². The van der Waals surface area contributed by atoms with Gasteiger partial charge in [0.1, 0.15) is 0 Å². The molecule has 1 heterocycles. The van der Waals surface area contributed by atoms with Crippen molar-refractivity contribution in [2.45, 2.75) is 46.0 Å². The first-order chi connectivity index (χ1) is 10.8. The number of urea groups is 1. The molecule has 132 valence electrons. The second-order valence-electron chi connectivity index (χ2n) is 7.86. The van der Waals surface area contributed by atoms with Crippen LogP contribution < -0.4 is 5.32 Å². The number of hydrogen-bond acceptors (Lipinski definition) is 3. The van der Waals surface area contributed by atoms with Crippen molar-refractivity contribution in [3.8, 4) is 0 Å². The van der Waals surface area contributed by atoms with Crippen LogP contribution in [0.1, 0.15) is 46.0 Å². The molecule has 0 unspecified atom stereocenters. The smallest absolute Gasteiger partial charge is 0.317 e. The molecular weight excluding hydrogens is 296 g/mol. The number of ether oxygens (including phenoxy) is 1. The Bertz CT molecular complexity index is 452. The van der Waals surface area contributed by atoms with Crippen molar-refractivity contribution in [3.63, 3.8) is 0 Å². The number of carboxylic acid groups (broad SMARTS) is 1. The molecule has 6 heteroatoms. The number of nitrogens with one attached hydrogen (secondary N) is 1. The number of likely N-dealkylation sites (tertiary alicyclic amines) is 1. The van der Waals surface area contributed by atoms with Crippen molar-refractivity contribution >= 4 is 12.0 Å². The number of carbonyl (C=O) groups excluding carboxylic acids is 1. The zero-order chi connectivity index (χ0) is 17.1. The highest BCUT2D eigenvalue weighted by molar-refractivity contribution is 5.80. The number of methoxy groups -OCH3 is 1. The summed E-state index contributed by atoms with van der Waals surface area (Å²) in [7, 11) is 1.70. The van der Waals surface area contributed by atoms with Gasteiger partial charge in [-0.1, -0.05) is 20.3 Å². The van der Waals surface area contributed by atoms with E-state index in [-0.39, 0.29) is 17.4 Å². The molecule has 1 saturated heterocycles. The van der Waals surface area contributed by atoms with Crippen molar-refractivity contribution in [2.75, 3.05) is 33.4 Å². The lowest BCUT2D eigenvalue weighted by molar-refractivity contribution is -0.149. The van der Waals surface area contributed by atoms with Crippen molar-refractivity contribution < 1.29 is 19.4 Å². The number of rotatable bonds is 7. The average Bonchev–Trinajstić information content (AvgIpc) is 3.01. The van der Waals surface area contributed by atoms with E-state index in [1.165, 1.54) is 0 Å². The molecule has 2 rings (SSSR count). The monoisotopic (exact) mass is 326 g/mol. The Morgan fingerprint density at radius 3 is 2.78 bits per heavy atom. The summed E-state index contributed by atoms with van der Waals surface area (Å²) in [6.07, 6.45) is 4.44. The van der Waals surface area contributed by atoms with Crippen molar-refractivity contribution in [2.24, 2.45) is 16.7 Å². The maximum Gasteiger partial charge on any atom is 0.317 e.